The van der Waals surface area contributed by atoms with Crippen LogP contribution < -0.4 is 5.32 Å². The molecule has 0 spiro atoms. The average Bonchev–Trinajstić information content (AvgIpc) is 3.43. The second-order valence-electron chi connectivity index (χ2n) is 7.02. The van der Waals surface area contributed by atoms with Gasteiger partial charge in [0.15, 0.2) is 0 Å². The second-order valence-corrected chi connectivity index (χ2v) is 8.51. The molecule has 0 saturated heterocycles. The van der Waals surface area contributed by atoms with Gasteiger partial charge in [0.05, 0.1) is 17.7 Å². The van der Waals surface area contributed by atoms with Crippen molar-refractivity contribution in [3.05, 3.63) is 83.3 Å². The fourth-order valence-electron chi connectivity index (χ4n) is 3.31. The van der Waals surface area contributed by atoms with E-state index in [0.29, 0.717) is 17.2 Å². The minimum Gasteiger partial charge on any atom is -0.467 e. The molecule has 0 radical (unpaired) electrons. The van der Waals surface area contributed by atoms with Gasteiger partial charge in [-0.15, -0.1) is 11.8 Å². The maximum atomic E-state index is 13.0. The Hall–Kier alpha value is -3.03. The van der Waals surface area contributed by atoms with Gasteiger partial charge in [-0.2, -0.15) is 5.10 Å². The smallest absolute Gasteiger partial charge is 0.253 e. The molecular weight excluding hydrogens is 434 g/mol. The fraction of sp³-hybridized carbons (Fsp3) is 0.174. The number of hydrogen-bond donors (Lipinski definition) is 1. The highest BCUT2D eigenvalue weighted by molar-refractivity contribution is 8.00. The van der Waals surface area contributed by atoms with Crippen molar-refractivity contribution in [2.75, 3.05) is 11.1 Å². The molecule has 2 amide bonds. The van der Waals surface area contributed by atoms with E-state index in [9.17, 15) is 9.59 Å². The van der Waals surface area contributed by atoms with Crippen LogP contribution in [0.2, 0.25) is 5.02 Å². The van der Waals surface area contributed by atoms with E-state index in [2.05, 4.69) is 10.4 Å². The highest BCUT2D eigenvalue weighted by Crippen LogP contribution is 2.34. The maximum Gasteiger partial charge on any atom is 0.253 e. The van der Waals surface area contributed by atoms with Crippen molar-refractivity contribution in [3.8, 4) is 0 Å². The van der Waals surface area contributed by atoms with Gasteiger partial charge in [-0.1, -0.05) is 23.7 Å². The Morgan fingerprint density at radius 1 is 1.16 bits per heavy atom. The number of nitrogens with one attached hydrogen (secondary N) is 1. The van der Waals surface area contributed by atoms with Crippen LogP contribution in [0.1, 0.15) is 30.7 Å². The molecule has 0 unspecified atom stereocenters. The molecule has 3 aromatic rings. The molecule has 2 aromatic carbocycles. The van der Waals surface area contributed by atoms with Crippen molar-refractivity contribution in [2.24, 2.45) is 5.10 Å². The predicted molar refractivity (Wildman–Crippen MR) is 122 cm³/mol. The third kappa shape index (κ3) is 5.18. The SMILES string of the molecule is CC(=O)Nc1ccc(SCC(=O)N2N=C(c3ccc(Cl)cc3)C[C@@H]2c2ccco2)cc1. The quantitative estimate of drug-likeness (QED) is 0.510. The summed E-state index contributed by atoms with van der Waals surface area (Å²) >= 11 is 7.42. The minimum atomic E-state index is -0.282. The molecule has 8 heteroatoms. The molecule has 0 aliphatic carbocycles. The third-order valence-electron chi connectivity index (χ3n) is 4.75. The van der Waals surface area contributed by atoms with Crippen LogP contribution in [-0.4, -0.2) is 28.3 Å². The number of amides is 2. The monoisotopic (exact) mass is 453 g/mol. The number of anilines is 1. The van der Waals surface area contributed by atoms with Crippen molar-refractivity contribution in [1.29, 1.82) is 0 Å². The maximum absolute atomic E-state index is 13.0. The molecule has 1 atom stereocenters. The highest BCUT2D eigenvalue weighted by Gasteiger charge is 2.34. The van der Waals surface area contributed by atoms with Crippen LogP contribution in [0.5, 0.6) is 0 Å². The van der Waals surface area contributed by atoms with Gasteiger partial charge < -0.3 is 9.73 Å². The lowest BCUT2D eigenvalue weighted by molar-refractivity contribution is -0.130. The van der Waals surface area contributed by atoms with Crippen LogP contribution in [0.4, 0.5) is 5.69 Å². The zero-order valence-corrected chi connectivity index (χ0v) is 18.3. The number of thioether (sulfide) groups is 1. The lowest BCUT2D eigenvalue weighted by Gasteiger charge is -2.19. The van der Waals surface area contributed by atoms with Crippen molar-refractivity contribution in [3.63, 3.8) is 0 Å². The Balaban J connectivity index is 1.48. The predicted octanol–water partition coefficient (Wildman–Crippen LogP) is 5.36. The van der Waals surface area contributed by atoms with Gasteiger partial charge >= 0.3 is 0 Å². The van der Waals surface area contributed by atoms with Crippen LogP contribution in [0, 0.1) is 0 Å². The summed E-state index contributed by atoms with van der Waals surface area (Å²) in [5.74, 6) is 0.698. The topological polar surface area (TPSA) is 74.9 Å². The first-order valence-electron chi connectivity index (χ1n) is 9.69. The van der Waals surface area contributed by atoms with Gasteiger partial charge in [0.2, 0.25) is 5.91 Å². The van der Waals surface area contributed by atoms with E-state index in [1.807, 2.05) is 60.7 Å². The first kappa shape index (κ1) is 21.2. The number of rotatable bonds is 6. The van der Waals surface area contributed by atoms with Crippen molar-refractivity contribution < 1.29 is 14.0 Å². The number of carbonyl (C=O) groups excluding carboxylic acids is 2. The molecule has 0 bridgehead atoms. The number of hydrogen-bond acceptors (Lipinski definition) is 5. The summed E-state index contributed by atoms with van der Waals surface area (Å²) in [6, 6.07) is 18.2. The van der Waals surface area contributed by atoms with Crippen LogP contribution in [0.15, 0.2) is 81.3 Å². The molecule has 0 saturated carbocycles. The van der Waals surface area contributed by atoms with Crippen LogP contribution in [0.3, 0.4) is 0 Å². The molecular formula is C23H20ClN3O3S. The standard InChI is InChI=1S/C23H20ClN3O3S/c1-15(28)25-18-8-10-19(11-9-18)31-14-23(29)27-21(22-3-2-12-30-22)13-20(26-27)16-4-6-17(24)7-5-16/h2-12,21H,13-14H2,1H3,(H,25,28)/t21-/m1/s1. The highest BCUT2D eigenvalue weighted by atomic mass is 35.5. The van der Waals surface area contributed by atoms with E-state index in [0.717, 1.165) is 21.9 Å². The van der Waals surface area contributed by atoms with Gasteiger partial charge in [-0.05, 0) is 54.1 Å². The molecule has 4 rings (SSSR count). The number of furan rings is 1. The normalized spacial score (nSPS) is 15.6. The van der Waals surface area contributed by atoms with Crippen LogP contribution in [-0.2, 0) is 9.59 Å². The Morgan fingerprint density at radius 2 is 1.90 bits per heavy atom. The number of halogens is 1. The van der Waals surface area contributed by atoms with Gasteiger partial charge in [0, 0.05) is 29.0 Å². The van der Waals surface area contributed by atoms with E-state index < -0.39 is 0 Å². The van der Waals surface area contributed by atoms with E-state index >= 15 is 0 Å². The Labute approximate surface area is 189 Å². The lowest BCUT2D eigenvalue weighted by Crippen LogP contribution is -2.28. The summed E-state index contributed by atoms with van der Waals surface area (Å²) in [7, 11) is 0. The van der Waals surface area contributed by atoms with E-state index in [4.69, 9.17) is 16.0 Å². The zero-order chi connectivity index (χ0) is 21.8. The average molecular weight is 454 g/mol. The van der Waals surface area contributed by atoms with E-state index in [-0.39, 0.29) is 23.6 Å². The largest absolute Gasteiger partial charge is 0.467 e. The molecule has 1 N–H and O–H groups in total. The number of carbonyl (C=O) groups is 2. The number of benzene rings is 2. The zero-order valence-electron chi connectivity index (χ0n) is 16.7. The number of nitrogens with zero attached hydrogens (tertiary/aromatic N) is 2. The molecule has 0 fully saturated rings. The molecule has 1 aliphatic heterocycles. The summed E-state index contributed by atoms with van der Waals surface area (Å²) in [6.07, 6.45) is 2.17. The molecule has 1 aliphatic rings. The van der Waals surface area contributed by atoms with Crippen molar-refractivity contribution in [2.45, 2.75) is 24.3 Å². The molecule has 31 heavy (non-hydrogen) atoms. The van der Waals surface area contributed by atoms with Crippen LogP contribution in [0.25, 0.3) is 0 Å². The molecule has 158 valence electrons. The Bertz CT molecular complexity index is 1100. The summed E-state index contributed by atoms with van der Waals surface area (Å²) in [5, 5.41) is 9.51. The van der Waals surface area contributed by atoms with Gasteiger partial charge in [0.1, 0.15) is 11.8 Å². The Morgan fingerprint density at radius 3 is 2.55 bits per heavy atom. The molecule has 6 nitrogen and oxygen atoms in total. The van der Waals surface area contributed by atoms with Crippen molar-refractivity contribution >= 4 is 46.6 Å². The van der Waals surface area contributed by atoms with Gasteiger partial charge in [-0.3, -0.25) is 9.59 Å². The fourth-order valence-corrected chi connectivity index (χ4v) is 4.19. The van der Waals surface area contributed by atoms with Gasteiger partial charge in [-0.25, -0.2) is 5.01 Å². The summed E-state index contributed by atoms with van der Waals surface area (Å²) in [6.45, 7) is 1.46. The molecule has 1 aromatic heterocycles. The lowest BCUT2D eigenvalue weighted by atomic mass is 10.0. The summed E-state index contributed by atoms with van der Waals surface area (Å²) in [5.41, 5.74) is 2.46. The van der Waals surface area contributed by atoms with E-state index in [1.54, 1.807) is 6.26 Å². The first-order chi connectivity index (χ1) is 15.0. The van der Waals surface area contributed by atoms with Gasteiger partial charge in [0.25, 0.3) is 5.91 Å². The number of hydrazone groups is 1. The van der Waals surface area contributed by atoms with E-state index in [1.165, 1.54) is 23.7 Å². The van der Waals surface area contributed by atoms with Crippen molar-refractivity contribution in [1.82, 2.24) is 5.01 Å². The minimum absolute atomic E-state index is 0.110. The Kier molecular flexibility index (Phi) is 6.44. The van der Waals surface area contributed by atoms with Crippen LogP contribution >= 0.6 is 23.4 Å². The second kappa shape index (κ2) is 9.41. The summed E-state index contributed by atoms with van der Waals surface area (Å²) in [4.78, 5) is 25.1. The summed E-state index contributed by atoms with van der Waals surface area (Å²) < 4.78 is 5.58. The molecule has 2 heterocycles. The first-order valence-corrected chi connectivity index (χ1v) is 11.1. The third-order valence-corrected chi connectivity index (χ3v) is 6.00.